The van der Waals surface area contributed by atoms with Crippen LogP contribution in [0.15, 0.2) is 35.3 Å². The van der Waals surface area contributed by atoms with Crippen molar-refractivity contribution in [3.05, 3.63) is 35.9 Å². The van der Waals surface area contributed by atoms with Crippen LogP contribution in [0.5, 0.6) is 0 Å². The summed E-state index contributed by atoms with van der Waals surface area (Å²) in [6.07, 6.45) is -6.83. The van der Waals surface area contributed by atoms with Gasteiger partial charge in [0.25, 0.3) is 0 Å². The highest BCUT2D eigenvalue weighted by molar-refractivity contribution is 7.80. The molecule has 1 aliphatic heterocycles. The zero-order valence-electron chi connectivity index (χ0n) is 47.5. The summed E-state index contributed by atoms with van der Waals surface area (Å²) in [6.45, 7) is -1.34. The summed E-state index contributed by atoms with van der Waals surface area (Å²) in [6, 6.07) is -11.7. The number of primary amides is 2. The van der Waals surface area contributed by atoms with Gasteiger partial charge in [-0.3, -0.25) is 76.9 Å². The minimum atomic E-state index is -2.08. The van der Waals surface area contributed by atoms with Crippen LogP contribution in [-0.2, 0) is 78.3 Å². The smallest absolute Gasteiger partial charge is 0.305 e. The van der Waals surface area contributed by atoms with Gasteiger partial charge in [0.1, 0.15) is 66.5 Å². The Hall–Kier alpha value is -9.27. The fourth-order valence-corrected chi connectivity index (χ4v) is 8.55. The van der Waals surface area contributed by atoms with Crippen LogP contribution >= 0.6 is 12.6 Å². The van der Waals surface area contributed by atoms with E-state index < -0.39 is 212 Å². The Morgan fingerprint density at radius 2 is 1.01 bits per heavy atom. The van der Waals surface area contributed by atoms with E-state index >= 15 is 0 Å². The van der Waals surface area contributed by atoms with Crippen LogP contribution in [0.4, 0.5) is 0 Å². The summed E-state index contributed by atoms with van der Waals surface area (Å²) in [7, 11) is 0. The first-order valence-electron chi connectivity index (χ1n) is 27.0. The van der Waals surface area contributed by atoms with Crippen LogP contribution in [0.1, 0.15) is 70.3 Å². The van der Waals surface area contributed by atoms with Crippen LogP contribution in [0, 0.1) is 0 Å². The number of carboxylic acid groups (broad SMARTS) is 3. The molecule has 0 unspecified atom stereocenters. The molecule has 0 radical (unpaired) electrons. The van der Waals surface area contributed by atoms with Gasteiger partial charge in [0, 0.05) is 31.7 Å². The Morgan fingerprint density at radius 3 is 1.50 bits per heavy atom. The van der Waals surface area contributed by atoms with Crippen LogP contribution in [0.3, 0.4) is 0 Å². The number of aliphatic hydroxyl groups is 3. The largest absolute Gasteiger partial charge is 0.481 e. The third kappa shape index (κ3) is 25.7. The van der Waals surface area contributed by atoms with E-state index in [0.29, 0.717) is 5.56 Å². The quantitative estimate of drug-likeness (QED) is 0.0126. The molecular weight excluding hydrogens is 1190 g/mol. The van der Waals surface area contributed by atoms with Gasteiger partial charge in [-0.2, -0.15) is 12.6 Å². The molecule has 12 atom stereocenters. The zero-order chi connectivity index (χ0) is 66.5. The predicted octanol–water partition coefficient (Wildman–Crippen LogP) is -10.6. The number of nitrogens with one attached hydrogen (secondary N) is 9. The van der Waals surface area contributed by atoms with E-state index in [4.69, 9.17) is 28.7 Å². The van der Waals surface area contributed by atoms with Crippen molar-refractivity contribution in [1.29, 1.82) is 0 Å². The van der Waals surface area contributed by atoms with Crippen molar-refractivity contribution in [1.82, 2.24) is 52.8 Å². The summed E-state index contributed by atoms with van der Waals surface area (Å²) in [5.74, 6) is -20.1. The second-order valence-electron chi connectivity index (χ2n) is 19.9. The number of guanidine groups is 1. The number of aliphatic carboxylic acids is 3. The first-order chi connectivity index (χ1) is 41.3. The van der Waals surface area contributed by atoms with Gasteiger partial charge in [-0.15, -0.1) is 0 Å². The number of benzene rings is 1. The second kappa shape index (κ2) is 37.3. The van der Waals surface area contributed by atoms with Gasteiger partial charge < -0.3 is 112 Å². The van der Waals surface area contributed by atoms with Crippen molar-refractivity contribution in [3.8, 4) is 0 Å². The van der Waals surface area contributed by atoms with Crippen LogP contribution < -0.4 is 76.5 Å². The molecule has 1 aromatic rings. The molecule has 1 heterocycles. The molecule has 1 saturated heterocycles. The molecule has 0 aromatic heterocycles. The molecule has 88 heavy (non-hydrogen) atoms. The summed E-state index contributed by atoms with van der Waals surface area (Å²) in [5.41, 5.74) is 27.4. The van der Waals surface area contributed by atoms with Gasteiger partial charge in [-0.1, -0.05) is 30.3 Å². The molecule has 0 saturated carbocycles. The van der Waals surface area contributed by atoms with Gasteiger partial charge in [0.2, 0.25) is 70.9 Å². The van der Waals surface area contributed by atoms with E-state index in [1.54, 1.807) is 18.2 Å². The molecule has 0 aliphatic carbocycles. The monoisotopic (exact) mass is 1270 g/mol. The second-order valence-corrected chi connectivity index (χ2v) is 20.3. The molecule has 0 spiro atoms. The molecule has 1 aliphatic rings. The van der Waals surface area contributed by atoms with E-state index in [2.05, 4.69) is 54.8 Å². The van der Waals surface area contributed by atoms with Crippen LogP contribution in [-0.4, -0.2) is 235 Å². The number of nitrogens with two attached hydrogens (primary N) is 5. The number of rotatable bonds is 39. The normalized spacial score (nSPS) is 16.4. The molecule has 12 amide bonds. The summed E-state index contributed by atoms with van der Waals surface area (Å²) in [4.78, 5) is 201. The van der Waals surface area contributed by atoms with Crippen LogP contribution in [0.25, 0.3) is 0 Å². The number of amides is 12. The minimum absolute atomic E-state index is 0.0445. The molecule has 1 fully saturated rings. The van der Waals surface area contributed by atoms with Crippen molar-refractivity contribution >= 4 is 107 Å². The SMILES string of the molecule is C[C@@H](O)[C@H](N)C(=O)N[C@@H](CS)C(=O)N[C@@H](CC(=O)O)C(=O)N[C@@H](CC(=O)O)C(=O)N1CCC[C@H]1C(=O)N[C@@H](CCCN=C(N)N)C(=O)N[C@@H](Cc1ccccc1)C(=O)N[C@@H](CCC(N)=O)C(=O)N[C@@H](CC(=O)O)C(=O)N[C@@H](CO)C(=O)N[C@@H](CO)C(N)=O. The molecule has 1 aromatic carbocycles. The van der Waals surface area contributed by atoms with Gasteiger partial charge in [-0.25, -0.2) is 0 Å². The fourth-order valence-electron chi connectivity index (χ4n) is 8.29. The topological polar surface area (TPSA) is 631 Å². The Kier molecular flexibility index (Phi) is 31.7. The summed E-state index contributed by atoms with van der Waals surface area (Å²) < 4.78 is 0. The number of hydrogen-bond acceptors (Lipinski definition) is 21. The van der Waals surface area contributed by atoms with Crippen molar-refractivity contribution in [2.45, 2.75) is 144 Å². The van der Waals surface area contributed by atoms with Gasteiger partial charge in [0.15, 0.2) is 5.96 Å². The minimum Gasteiger partial charge on any atom is -0.481 e. The third-order valence-electron chi connectivity index (χ3n) is 13.0. The molecule has 2 rings (SSSR count). The predicted molar refractivity (Wildman–Crippen MR) is 304 cm³/mol. The third-order valence-corrected chi connectivity index (χ3v) is 13.3. The van der Waals surface area contributed by atoms with Crippen LogP contribution in [0.2, 0.25) is 0 Å². The van der Waals surface area contributed by atoms with E-state index in [0.717, 1.165) is 4.90 Å². The Balaban J connectivity index is 2.54. The molecule has 38 heteroatoms. The Bertz CT molecular complexity index is 2720. The lowest BCUT2D eigenvalue weighted by atomic mass is 10.0. The highest BCUT2D eigenvalue weighted by atomic mass is 32.1. The van der Waals surface area contributed by atoms with Crippen molar-refractivity contribution < 1.29 is 103 Å². The lowest BCUT2D eigenvalue weighted by Crippen LogP contribution is -2.61. The number of carbonyl (C=O) groups is 15. The average molecular weight is 1270 g/mol. The van der Waals surface area contributed by atoms with E-state index in [1.165, 1.54) is 19.1 Å². The molecule has 37 nitrogen and oxygen atoms in total. The standard InChI is InChI=1S/C50H76N16O21S/c1-22(69)38(52)48(86)65-32(21-88)46(84)61-27(16-35(71)72)43(81)62-29(18-37(75)76)49(87)66-14-6-10-33(66)47(85)58-24(9-5-13-56-50(54)55)40(78)59-26(15-23-7-3-2-4-8-23)42(80)57-25(11-12-34(51)70)41(79)60-28(17-36(73)74)44(82)64-31(20-68)45(83)63-30(19-67)39(53)77/h2-4,7-8,22,24-33,38,67-69,88H,5-6,9-21,52H2,1H3,(H2,51,70)(H2,53,77)(H,57,80)(H,58,85)(H,59,78)(H,60,79)(H,61,84)(H,62,81)(H,63,83)(H,64,82)(H,65,86)(H,71,72)(H,73,74)(H,75,76)(H4,54,55,56)/t22-,24+,25+,26+,27+,28+,29+,30+,31+,32+,33+,38+/m1/s1. The number of hydrogen-bond donors (Lipinski definition) is 21. The maximum absolute atomic E-state index is 14.5. The maximum Gasteiger partial charge on any atom is 0.305 e. The zero-order valence-corrected chi connectivity index (χ0v) is 48.4. The number of aliphatic imine (C=N–C) groups is 1. The number of thiol groups is 1. The van der Waals surface area contributed by atoms with E-state index in [1.807, 2.05) is 10.6 Å². The van der Waals surface area contributed by atoms with Crippen molar-refractivity contribution in [2.24, 2.45) is 33.7 Å². The first-order valence-corrected chi connectivity index (χ1v) is 27.6. The number of likely N-dealkylation sites (tertiary alicyclic amines) is 1. The van der Waals surface area contributed by atoms with Crippen molar-refractivity contribution in [2.75, 3.05) is 32.1 Å². The molecule has 0 bridgehead atoms. The number of aliphatic hydroxyl groups excluding tert-OH is 3. The maximum atomic E-state index is 14.5. The van der Waals surface area contributed by atoms with E-state index in [9.17, 15) is 103 Å². The van der Waals surface area contributed by atoms with E-state index in [-0.39, 0.29) is 51.2 Å². The van der Waals surface area contributed by atoms with Gasteiger partial charge >= 0.3 is 17.9 Å². The molecule has 488 valence electrons. The fraction of sp³-hybridized carbons (Fsp3) is 0.560. The summed E-state index contributed by atoms with van der Waals surface area (Å²) in [5, 5.41) is 77.8. The first kappa shape index (κ1) is 74.8. The Morgan fingerprint density at radius 1 is 0.580 bits per heavy atom. The lowest BCUT2D eigenvalue weighted by Gasteiger charge is -2.30. The number of nitrogens with zero attached hydrogens (tertiary/aromatic N) is 2. The molecular formula is C50H76N16O21S. The van der Waals surface area contributed by atoms with Crippen molar-refractivity contribution in [3.63, 3.8) is 0 Å². The number of carboxylic acids is 3. The highest BCUT2D eigenvalue weighted by Crippen LogP contribution is 2.21. The average Bonchev–Trinajstić information content (AvgIpc) is 3.12. The Labute approximate surface area is 506 Å². The molecule has 25 N–H and O–H groups in total. The van der Waals surface area contributed by atoms with Gasteiger partial charge in [-0.05, 0) is 44.6 Å². The van der Waals surface area contributed by atoms with Gasteiger partial charge in [0.05, 0.1) is 38.6 Å². The summed E-state index contributed by atoms with van der Waals surface area (Å²) >= 11 is 3.99. The number of carbonyl (C=O) groups excluding carboxylic acids is 12. The lowest BCUT2D eigenvalue weighted by molar-refractivity contribution is -0.147. The highest BCUT2D eigenvalue weighted by Gasteiger charge is 2.42.